The molecule has 1 saturated heterocycles. The lowest BCUT2D eigenvalue weighted by atomic mass is 9.99. The van der Waals surface area contributed by atoms with E-state index in [9.17, 15) is 4.79 Å². The predicted octanol–water partition coefficient (Wildman–Crippen LogP) is 4.70. The molecule has 1 fully saturated rings. The standard InChI is InChI=1S/C27H27N5O/c1-18-15-25(30-26(28-18)19-9-5-4-6-10-19)32-14-13-20(17-32)24-16-22(27(33)31(2)3)21-11-7-8-12-23(21)29-24/h4-12,15-16,20H,13-14,17H2,1-3H3/t20-/m1/s1. The number of hydrogen-bond donors (Lipinski definition) is 0. The van der Waals surface area contributed by atoms with Gasteiger partial charge in [-0.15, -0.1) is 0 Å². The summed E-state index contributed by atoms with van der Waals surface area (Å²) in [4.78, 5) is 31.3. The van der Waals surface area contributed by atoms with Gasteiger partial charge in [-0.25, -0.2) is 9.97 Å². The van der Waals surface area contributed by atoms with Crippen LogP contribution in [0.1, 0.15) is 34.1 Å². The number of aromatic nitrogens is 3. The Bertz CT molecular complexity index is 1320. The molecular weight excluding hydrogens is 410 g/mol. The van der Waals surface area contributed by atoms with E-state index < -0.39 is 0 Å². The number of benzene rings is 2. The van der Waals surface area contributed by atoms with Gasteiger partial charge in [-0.1, -0.05) is 48.5 Å². The number of para-hydroxylation sites is 1. The minimum Gasteiger partial charge on any atom is -0.356 e. The van der Waals surface area contributed by atoms with E-state index in [0.717, 1.165) is 59.0 Å². The number of fused-ring (bicyclic) bond motifs is 1. The molecule has 2 aromatic heterocycles. The summed E-state index contributed by atoms with van der Waals surface area (Å²) in [6, 6.07) is 22.0. The van der Waals surface area contributed by atoms with E-state index in [1.807, 2.05) is 73.7 Å². The highest BCUT2D eigenvalue weighted by Crippen LogP contribution is 2.32. The molecule has 1 aliphatic heterocycles. The molecule has 0 unspecified atom stereocenters. The zero-order valence-electron chi connectivity index (χ0n) is 19.2. The minimum absolute atomic E-state index is 0.00336. The monoisotopic (exact) mass is 437 g/mol. The molecule has 0 aliphatic carbocycles. The van der Waals surface area contributed by atoms with Crippen LogP contribution in [0.25, 0.3) is 22.3 Å². The molecule has 5 rings (SSSR count). The Balaban J connectivity index is 1.46. The molecule has 4 aromatic rings. The highest BCUT2D eigenvalue weighted by atomic mass is 16.2. The Kier molecular flexibility index (Phi) is 5.50. The van der Waals surface area contributed by atoms with Crippen molar-refractivity contribution < 1.29 is 4.79 Å². The van der Waals surface area contributed by atoms with E-state index in [1.54, 1.807) is 19.0 Å². The third kappa shape index (κ3) is 4.16. The van der Waals surface area contributed by atoms with E-state index in [4.69, 9.17) is 9.97 Å². The number of hydrogen-bond acceptors (Lipinski definition) is 5. The van der Waals surface area contributed by atoms with Gasteiger partial charge in [0.25, 0.3) is 5.91 Å². The highest BCUT2D eigenvalue weighted by molar-refractivity contribution is 6.06. The molecule has 6 nitrogen and oxygen atoms in total. The van der Waals surface area contributed by atoms with Gasteiger partial charge in [0.1, 0.15) is 5.82 Å². The van der Waals surface area contributed by atoms with Crippen LogP contribution >= 0.6 is 0 Å². The summed E-state index contributed by atoms with van der Waals surface area (Å²) < 4.78 is 0. The average Bonchev–Trinajstić information content (AvgIpc) is 3.33. The lowest BCUT2D eigenvalue weighted by Gasteiger charge is -2.19. The third-order valence-electron chi connectivity index (χ3n) is 6.18. The first-order valence-corrected chi connectivity index (χ1v) is 11.3. The smallest absolute Gasteiger partial charge is 0.254 e. The van der Waals surface area contributed by atoms with Crippen molar-refractivity contribution in [2.45, 2.75) is 19.3 Å². The molecule has 6 heteroatoms. The van der Waals surface area contributed by atoms with Gasteiger partial charge in [0, 0.05) is 61.5 Å². The number of carbonyl (C=O) groups excluding carboxylic acids is 1. The summed E-state index contributed by atoms with van der Waals surface area (Å²) in [7, 11) is 3.58. The summed E-state index contributed by atoms with van der Waals surface area (Å²) in [5.74, 6) is 1.92. The van der Waals surface area contributed by atoms with E-state index in [2.05, 4.69) is 9.88 Å². The zero-order valence-corrected chi connectivity index (χ0v) is 19.2. The maximum atomic E-state index is 12.9. The molecule has 166 valence electrons. The van der Waals surface area contributed by atoms with Crippen molar-refractivity contribution in [3.63, 3.8) is 0 Å². The summed E-state index contributed by atoms with van der Waals surface area (Å²) in [6.45, 7) is 3.71. The van der Waals surface area contributed by atoms with E-state index in [-0.39, 0.29) is 11.8 Å². The molecule has 3 heterocycles. The minimum atomic E-state index is 0.00336. The zero-order chi connectivity index (χ0) is 22.9. The van der Waals surface area contributed by atoms with Crippen molar-refractivity contribution in [2.24, 2.45) is 0 Å². The Hall–Kier alpha value is -3.80. The fourth-order valence-corrected chi connectivity index (χ4v) is 4.46. The predicted molar refractivity (Wildman–Crippen MR) is 132 cm³/mol. The fraction of sp³-hybridized carbons (Fsp3) is 0.259. The molecular formula is C27H27N5O. The van der Waals surface area contributed by atoms with Gasteiger partial charge in [-0.2, -0.15) is 0 Å². The maximum Gasteiger partial charge on any atom is 0.254 e. The van der Waals surface area contributed by atoms with Gasteiger partial charge in [0.2, 0.25) is 0 Å². The van der Waals surface area contributed by atoms with Crippen LogP contribution in [0.15, 0.2) is 66.7 Å². The molecule has 1 atom stereocenters. The topological polar surface area (TPSA) is 62.2 Å². The van der Waals surface area contributed by atoms with Gasteiger partial charge in [0.15, 0.2) is 5.82 Å². The quantitative estimate of drug-likeness (QED) is 0.463. The lowest BCUT2D eigenvalue weighted by Crippen LogP contribution is -2.23. The molecule has 2 aromatic carbocycles. The maximum absolute atomic E-state index is 12.9. The van der Waals surface area contributed by atoms with Crippen LogP contribution in [0, 0.1) is 6.92 Å². The van der Waals surface area contributed by atoms with Crippen LogP contribution in [0.3, 0.4) is 0 Å². The Morgan fingerprint density at radius 1 is 0.970 bits per heavy atom. The summed E-state index contributed by atoms with van der Waals surface area (Å²) >= 11 is 0. The van der Waals surface area contributed by atoms with Crippen LogP contribution in [0.5, 0.6) is 0 Å². The molecule has 0 N–H and O–H groups in total. The van der Waals surface area contributed by atoms with Crippen LogP contribution < -0.4 is 4.90 Å². The SMILES string of the molecule is Cc1cc(N2CC[C@@H](c3cc(C(=O)N(C)C)c4ccccc4n3)C2)nc(-c2ccccc2)n1. The third-order valence-corrected chi connectivity index (χ3v) is 6.18. The van der Waals surface area contributed by atoms with Gasteiger partial charge < -0.3 is 9.80 Å². The molecule has 1 amide bonds. The summed E-state index contributed by atoms with van der Waals surface area (Å²) in [5, 5.41) is 0.897. The summed E-state index contributed by atoms with van der Waals surface area (Å²) in [5.41, 5.74) is 4.51. The number of pyridine rings is 1. The number of amides is 1. The van der Waals surface area contributed by atoms with E-state index in [1.165, 1.54) is 0 Å². The lowest BCUT2D eigenvalue weighted by molar-refractivity contribution is 0.0829. The normalized spacial score (nSPS) is 15.7. The van der Waals surface area contributed by atoms with Crippen molar-refractivity contribution in [1.29, 1.82) is 0 Å². The fourth-order valence-electron chi connectivity index (χ4n) is 4.46. The molecule has 0 radical (unpaired) electrons. The van der Waals surface area contributed by atoms with Crippen LogP contribution in [-0.4, -0.2) is 52.9 Å². The first-order valence-electron chi connectivity index (χ1n) is 11.3. The van der Waals surface area contributed by atoms with Crippen molar-refractivity contribution in [1.82, 2.24) is 19.9 Å². The summed E-state index contributed by atoms with van der Waals surface area (Å²) in [6.07, 6.45) is 0.963. The van der Waals surface area contributed by atoms with E-state index >= 15 is 0 Å². The van der Waals surface area contributed by atoms with Crippen molar-refractivity contribution >= 4 is 22.6 Å². The number of anilines is 1. The number of aryl methyl sites for hydroxylation is 1. The van der Waals surface area contributed by atoms with Crippen molar-refractivity contribution in [3.05, 3.63) is 83.7 Å². The Morgan fingerprint density at radius 2 is 1.73 bits per heavy atom. The average molecular weight is 438 g/mol. The molecule has 33 heavy (non-hydrogen) atoms. The van der Waals surface area contributed by atoms with Gasteiger partial charge in [-0.3, -0.25) is 9.78 Å². The van der Waals surface area contributed by atoms with E-state index in [0.29, 0.717) is 5.56 Å². The largest absolute Gasteiger partial charge is 0.356 e. The molecule has 0 bridgehead atoms. The number of rotatable bonds is 4. The Morgan fingerprint density at radius 3 is 2.52 bits per heavy atom. The van der Waals surface area contributed by atoms with Gasteiger partial charge in [-0.05, 0) is 25.5 Å². The first-order chi connectivity index (χ1) is 16.0. The second kappa shape index (κ2) is 8.62. The van der Waals surface area contributed by atoms with Crippen molar-refractivity contribution in [2.75, 3.05) is 32.1 Å². The highest BCUT2D eigenvalue weighted by Gasteiger charge is 2.28. The second-order valence-electron chi connectivity index (χ2n) is 8.80. The van der Waals surface area contributed by atoms with Gasteiger partial charge >= 0.3 is 0 Å². The number of carbonyl (C=O) groups is 1. The Labute approximate surface area is 193 Å². The second-order valence-corrected chi connectivity index (χ2v) is 8.80. The van der Waals surface area contributed by atoms with Crippen LogP contribution in [0.2, 0.25) is 0 Å². The van der Waals surface area contributed by atoms with Crippen LogP contribution in [0.4, 0.5) is 5.82 Å². The van der Waals surface area contributed by atoms with Crippen LogP contribution in [-0.2, 0) is 0 Å². The first kappa shape index (κ1) is 21.1. The van der Waals surface area contributed by atoms with Gasteiger partial charge in [0.05, 0.1) is 11.1 Å². The molecule has 0 saturated carbocycles. The van der Waals surface area contributed by atoms with Crippen molar-refractivity contribution in [3.8, 4) is 11.4 Å². The molecule has 0 spiro atoms. The number of nitrogens with zero attached hydrogens (tertiary/aromatic N) is 5. The molecule has 1 aliphatic rings.